The average molecular weight is 365 g/mol. The van der Waals surface area contributed by atoms with Crippen molar-refractivity contribution in [3.05, 3.63) is 91.9 Å². The molecule has 1 amide bonds. The number of nitrogens with one attached hydrogen (secondary N) is 2. The Labute approximate surface area is 153 Å². The van der Waals surface area contributed by atoms with E-state index in [1.165, 1.54) is 35.2 Å². The minimum absolute atomic E-state index is 0.118. The molecule has 0 fully saturated rings. The van der Waals surface area contributed by atoms with Crippen molar-refractivity contribution in [2.24, 2.45) is 5.10 Å². The summed E-state index contributed by atoms with van der Waals surface area (Å²) in [4.78, 5) is 35.0. The number of aromatic amines is 1. The Morgan fingerprint density at radius 3 is 2.56 bits per heavy atom. The van der Waals surface area contributed by atoms with E-state index >= 15 is 0 Å². The second-order valence-corrected chi connectivity index (χ2v) is 5.60. The molecule has 1 heterocycles. The average Bonchev–Trinajstić information content (AvgIpc) is 2.96. The van der Waals surface area contributed by atoms with Crippen molar-refractivity contribution in [2.45, 2.75) is 6.92 Å². The van der Waals surface area contributed by atoms with Crippen molar-refractivity contribution in [3.63, 3.8) is 0 Å². The second kappa shape index (κ2) is 7.48. The predicted molar refractivity (Wildman–Crippen MR) is 99.3 cm³/mol. The smallest absolute Gasteiger partial charge is 0.282 e. The number of aryl methyl sites for hydroxylation is 1. The summed E-state index contributed by atoms with van der Waals surface area (Å²) in [6.45, 7) is 1.70. The Hall–Kier alpha value is -4.01. The summed E-state index contributed by atoms with van der Waals surface area (Å²) >= 11 is 0. The fourth-order valence-corrected chi connectivity index (χ4v) is 2.51. The van der Waals surface area contributed by atoms with E-state index in [0.29, 0.717) is 11.4 Å². The van der Waals surface area contributed by atoms with Gasteiger partial charge in [0.05, 0.1) is 22.4 Å². The van der Waals surface area contributed by atoms with Gasteiger partial charge in [-0.05, 0) is 25.1 Å². The molecule has 0 radical (unpaired) electrons. The number of carbonyl (C=O) groups excluding carboxylic acids is 1. The highest BCUT2D eigenvalue weighted by Gasteiger charge is 2.18. The third-order valence-corrected chi connectivity index (χ3v) is 3.84. The summed E-state index contributed by atoms with van der Waals surface area (Å²) in [6, 6.07) is 14.5. The van der Waals surface area contributed by atoms with Crippen LogP contribution in [0.3, 0.4) is 0 Å². The van der Waals surface area contributed by atoms with Gasteiger partial charge in [0.15, 0.2) is 0 Å². The maximum Gasteiger partial charge on any atom is 0.282 e. The molecule has 0 saturated heterocycles. The number of nitrogens with zero attached hydrogens (tertiary/aromatic N) is 3. The number of nitro groups is 1. The monoisotopic (exact) mass is 365 g/mol. The summed E-state index contributed by atoms with van der Waals surface area (Å²) in [5.74, 6) is -0.741. The SMILES string of the molecule is Cc1[nH]n(-c2ccccc2)c(=O)c1/C=N\NC(=O)c1ccccc1[N+](=O)[O-]. The molecule has 2 N–H and O–H groups in total. The first-order chi connectivity index (χ1) is 13.0. The number of rotatable bonds is 5. The van der Waals surface area contributed by atoms with Crippen molar-refractivity contribution >= 4 is 17.8 Å². The largest absolute Gasteiger partial charge is 0.295 e. The van der Waals surface area contributed by atoms with Crippen LogP contribution in [0.4, 0.5) is 5.69 Å². The topological polar surface area (TPSA) is 122 Å². The number of nitro benzene ring substituents is 1. The van der Waals surface area contributed by atoms with Crippen LogP contribution in [0.15, 0.2) is 64.5 Å². The third-order valence-electron chi connectivity index (χ3n) is 3.84. The van der Waals surface area contributed by atoms with Gasteiger partial charge in [-0.1, -0.05) is 30.3 Å². The zero-order valence-electron chi connectivity index (χ0n) is 14.2. The van der Waals surface area contributed by atoms with Crippen molar-refractivity contribution in [3.8, 4) is 5.69 Å². The van der Waals surface area contributed by atoms with Crippen LogP contribution in [0.5, 0.6) is 0 Å². The minimum atomic E-state index is -0.741. The predicted octanol–water partition coefficient (Wildman–Crippen LogP) is 2.15. The van der Waals surface area contributed by atoms with Crippen LogP contribution in [-0.4, -0.2) is 26.8 Å². The summed E-state index contributed by atoms with van der Waals surface area (Å²) in [7, 11) is 0. The maximum absolute atomic E-state index is 12.5. The van der Waals surface area contributed by atoms with Crippen LogP contribution in [0.2, 0.25) is 0 Å². The maximum atomic E-state index is 12.5. The standard InChI is InChI=1S/C18H15N5O4/c1-12-15(18(25)22(21-12)13-7-3-2-4-8-13)11-19-20-17(24)14-9-5-6-10-16(14)23(26)27/h2-11,21H,1H3,(H,20,24)/b19-11-. The fourth-order valence-electron chi connectivity index (χ4n) is 2.51. The number of hydrogen-bond donors (Lipinski definition) is 2. The van der Waals surface area contributed by atoms with Gasteiger partial charge < -0.3 is 0 Å². The molecule has 0 aliphatic rings. The van der Waals surface area contributed by atoms with Gasteiger partial charge in [-0.2, -0.15) is 5.10 Å². The molecule has 27 heavy (non-hydrogen) atoms. The van der Waals surface area contributed by atoms with Crippen molar-refractivity contribution in [1.29, 1.82) is 0 Å². The van der Waals surface area contributed by atoms with E-state index in [2.05, 4.69) is 15.6 Å². The van der Waals surface area contributed by atoms with E-state index < -0.39 is 10.8 Å². The quantitative estimate of drug-likeness (QED) is 0.408. The summed E-state index contributed by atoms with van der Waals surface area (Å²) < 4.78 is 1.36. The number of benzene rings is 2. The Kier molecular flexibility index (Phi) is 4.93. The third kappa shape index (κ3) is 3.66. The molecule has 0 bridgehead atoms. The lowest BCUT2D eigenvalue weighted by atomic mass is 10.2. The number of hydrazone groups is 1. The number of hydrogen-bond acceptors (Lipinski definition) is 5. The molecule has 9 nitrogen and oxygen atoms in total. The first kappa shape index (κ1) is 17.8. The molecular formula is C18H15N5O4. The Balaban J connectivity index is 1.82. The lowest BCUT2D eigenvalue weighted by molar-refractivity contribution is -0.385. The van der Waals surface area contributed by atoms with Gasteiger partial charge in [0.1, 0.15) is 5.56 Å². The number of aromatic nitrogens is 2. The van der Waals surface area contributed by atoms with Gasteiger partial charge in [0.25, 0.3) is 17.2 Å². The highest BCUT2D eigenvalue weighted by molar-refractivity contribution is 5.98. The highest BCUT2D eigenvalue weighted by atomic mass is 16.6. The van der Waals surface area contributed by atoms with Gasteiger partial charge >= 0.3 is 0 Å². The number of carbonyl (C=O) groups is 1. The Morgan fingerprint density at radius 2 is 1.85 bits per heavy atom. The molecule has 0 saturated carbocycles. The molecule has 0 atom stereocenters. The summed E-state index contributed by atoms with van der Waals surface area (Å²) in [5.41, 5.74) is 2.93. The van der Waals surface area contributed by atoms with Crippen molar-refractivity contribution in [2.75, 3.05) is 0 Å². The molecule has 136 valence electrons. The first-order valence-electron chi connectivity index (χ1n) is 7.93. The van der Waals surface area contributed by atoms with Crippen LogP contribution in [0, 0.1) is 17.0 Å². The molecule has 0 unspecified atom stereocenters. The van der Waals surface area contributed by atoms with E-state index in [9.17, 15) is 19.7 Å². The van der Waals surface area contributed by atoms with Gasteiger partial charge in [0.2, 0.25) is 0 Å². The number of para-hydroxylation sites is 2. The minimum Gasteiger partial charge on any atom is -0.295 e. The zero-order valence-corrected chi connectivity index (χ0v) is 14.2. The molecule has 3 aromatic rings. The van der Waals surface area contributed by atoms with E-state index in [4.69, 9.17) is 0 Å². The van der Waals surface area contributed by atoms with Crippen LogP contribution >= 0.6 is 0 Å². The van der Waals surface area contributed by atoms with Crippen LogP contribution < -0.4 is 11.0 Å². The van der Waals surface area contributed by atoms with Gasteiger partial charge in [-0.25, -0.2) is 10.1 Å². The number of H-pyrrole nitrogens is 1. The molecule has 2 aromatic carbocycles. The first-order valence-corrected chi connectivity index (χ1v) is 7.93. The van der Waals surface area contributed by atoms with Crippen molar-refractivity contribution in [1.82, 2.24) is 15.2 Å². The summed E-state index contributed by atoms with van der Waals surface area (Å²) in [5, 5.41) is 17.7. The van der Waals surface area contributed by atoms with Crippen LogP contribution in [0.1, 0.15) is 21.6 Å². The van der Waals surface area contributed by atoms with Gasteiger partial charge in [0, 0.05) is 11.8 Å². The Morgan fingerprint density at radius 1 is 1.19 bits per heavy atom. The lowest BCUT2D eigenvalue weighted by Crippen LogP contribution is -2.20. The molecule has 0 aliphatic carbocycles. The number of amides is 1. The fraction of sp³-hybridized carbons (Fsp3) is 0.0556. The van der Waals surface area contributed by atoms with Gasteiger partial charge in [-0.3, -0.25) is 24.8 Å². The highest BCUT2D eigenvalue weighted by Crippen LogP contribution is 2.17. The molecule has 3 rings (SSSR count). The van der Waals surface area contributed by atoms with Crippen molar-refractivity contribution < 1.29 is 9.72 Å². The zero-order chi connectivity index (χ0) is 19.4. The molecule has 9 heteroatoms. The molecule has 0 spiro atoms. The van der Waals surface area contributed by atoms with Crippen LogP contribution in [0.25, 0.3) is 5.69 Å². The molecular weight excluding hydrogens is 350 g/mol. The second-order valence-electron chi connectivity index (χ2n) is 5.60. The van der Waals surface area contributed by atoms with E-state index in [0.717, 1.165) is 0 Å². The molecule has 1 aromatic heterocycles. The van der Waals surface area contributed by atoms with Crippen LogP contribution in [-0.2, 0) is 0 Å². The molecule has 0 aliphatic heterocycles. The normalized spacial score (nSPS) is 10.9. The summed E-state index contributed by atoms with van der Waals surface area (Å²) in [6.07, 6.45) is 1.21. The van der Waals surface area contributed by atoms with E-state index in [-0.39, 0.29) is 22.4 Å². The van der Waals surface area contributed by atoms with Gasteiger partial charge in [-0.15, -0.1) is 0 Å². The lowest BCUT2D eigenvalue weighted by Gasteiger charge is -2.00. The Bertz CT molecular complexity index is 1080. The van der Waals surface area contributed by atoms with E-state index in [1.807, 2.05) is 6.07 Å². The van der Waals surface area contributed by atoms with E-state index in [1.54, 1.807) is 31.2 Å².